The lowest BCUT2D eigenvalue weighted by molar-refractivity contribution is -0.146. The van der Waals surface area contributed by atoms with Crippen LogP contribution < -0.4 is 10.1 Å². The van der Waals surface area contributed by atoms with Gasteiger partial charge in [-0.15, -0.1) is 0 Å². The lowest BCUT2D eigenvalue weighted by Crippen LogP contribution is -2.36. The Bertz CT molecular complexity index is 429. The molecule has 0 spiro atoms. The largest absolute Gasteiger partial charge is 0.494 e. The predicted octanol–water partition coefficient (Wildman–Crippen LogP) is 0.651. The van der Waals surface area contributed by atoms with Crippen molar-refractivity contribution < 1.29 is 24.5 Å². The number of carbonyl (C=O) groups is 2. The third-order valence-corrected chi connectivity index (χ3v) is 2.33. The molecule has 0 saturated carbocycles. The van der Waals surface area contributed by atoms with Gasteiger partial charge in [0.05, 0.1) is 13.2 Å². The zero-order chi connectivity index (χ0) is 14.3. The number of ether oxygens (including phenoxy) is 1. The molecule has 0 aliphatic rings. The van der Waals surface area contributed by atoms with Crippen LogP contribution in [0.1, 0.15) is 23.7 Å². The Kier molecular flexibility index (Phi) is 5.81. The summed E-state index contributed by atoms with van der Waals surface area (Å²) in [4.78, 5) is 22.0. The van der Waals surface area contributed by atoms with Crippen LogP contribution in [0.2, 0.25) is 0 Å². The summed E-state index contributed by atoms with van der Waals surface area (Å²) in [6, 6.07) is 6.48. The Hall–Kier alpha value is -2.08. The van der Waals surface area contributed by atoms with Gasteiger partial charge >= 0.3 is 5.97 Å². The van der Waals surface area contributed by atoms with Crippen LogP contribution in [0.4, 0.5) is 0 Å². The highest BCUT2D eigenvalue weighted by atomic mass is 16.5. The van der Waals surface area contributed by atoms with E-state index >= 15 is 0 Å². The standard InChI is InChI=1S/C13H17NO5/c1-2-7-19-10-5-3-9(4-6-10)12(16)14-8-11(15)13(17)18/h3-6,11,15H,2,7-8H2,1H3,(H,14,16)(H,17,18)/t11-/m0/s1. The van der Waals surface area contributed by atoms with Crippen LogP contribution in [-0.4, -0.2) is 41.3 Å². The van der Waals surface area contributed by atoms with Crippen molar-refractivity contribution in [3.05, 3.63) is 29.8 Å². The fraction of sp³-hybridized carbons (Fsp3) is 0.385. The first-order valence-electron chi connectivity index (χ1n) is 5.96. The van der Waals surface area contributed by atoms with Crippen molar-refractivity contribution in [2.75, 3.05) is 13.2 Å². The second-order valence-electron chi connectivity index (χ2n) is 3.94. The van der Waals surface area contributed by atoms with Gasteiger partial charge in [0.25, 0.3) is 5.91 Å². The summed E-state index contributed by atoms with van der Waals surface area (Å²) in [6.07, 6.45) is -0.703. The molecule has 104 valence electrons. The minimum Gasteiger partial charge on any atom is -0.494 e. The molecule has 1 amide bonds. The normalized spacial score (nSPS) is 11.7. The topological polar surface area (TPSA) is 95.9 Å². The second-order valence-corrected chi connectivity index (χ2v) is 3.94. The van der Waals surface area contributed by atoms with Gasteiger partial charge in [-0.2, -0.15) is 0 Å². The van der Waals surface area contributed by atoms with Crippen molar-refractivity contribution in [1.82, 2.24) is 5.32 Å². The first-order chi connectivity index (χ1) is 9.04. The van der Waals surface area contributed by atoms with Gasteiger partial charge in [-0.3, -0.25) is 4.79 Å². The summed E-state index contributed by atoms with van der Waals surface area (Å²) < 4.78 is 5.37. The number of aliphatic hydroxyl groups excluding tert-OH is 1. The van der Waals surface area contributed by atoms with E-state index < -0.39 is 18.0 Å². The molecule has 0 fully saturated rings. The number of carbonyl (C=O) groups excluding carboxylic acids is 1. The summed E-state index contributed by atoms with van der Waals surface area (Å²) in [7, 11) is 0. The molecular weight excluding hydrogens is 250 g/mol. The Morgan fingerprint density at radius 3 is 2.47 bits per heavy atom. The number of amides is 1. The van der Waals surface area contributed by atoms with Crippen molar-refractivity contribution in [2.24, 2.45) is 0 Å². The maximum absolute atomic E-state index is 11.6. The van der Waals surface area contributed by atoms with E-state index in [9.17, 15) is 9.59 Å². The summed E-state index contributed by atoms with van der Waals surface area (Å²) >= 11 is 0. The molecule has 0 radical (unpaired) electrons. The maximum atomic E-state index is 11.6. The van der Waals surface area contributed by atoms with Gasteiger partial charge in [0.1, 0.15) is 5.75 Å². The average molecular weight is 267 g/mol. The number of hydrogen-bond acceptors (Lipinski definition) is 4. The number of aliphatic hydroxyl groups is 1. The molecule has 0 bridgehead atoms. The highest BCUT2D eigenvalue weighted by Crippen LogP contribution is 2.12. The van der Waals surface area contributed by atoms with Crippen LogP contribution in [0.15, 0.2) is 24.3 Å². The molecule has 0 unspecified atom stereocenters. The van der Waals surface area contributed by atoms with E-state index in [0.717, 1.165) is 6.42 Å². The predicted molar refractivity (Wildman–Crippen MR) is 68.2 cm³/mol. The minimum atomic E-state index is -1.60. The monoisotopic (exact) mass is 267 g/mol. The molecule has 0 aliphatic carbocycles. The smallest absolute Gasteiger partial charge is 0.334 e. The summed E-state index contributed by atoms with van der Waals surface area (Å²) in [5, 5.41) is 19.8. The quantitative estimate of drug-likeness (QED) is 0.674. The molecule has 0 heterocycles. The molecule has 1 atom stereocenters. The van der Waals surface area contributed by atoms with E-state index in [4.69, 9.17) is 14.9 Å². The first kappa shape index (κ1) is 15.0. The zero-order valence-corrected chi connectivity index (χ0v) is 10.6. The number of carboxylic acid groups (broad SMARTS) is 1. The van der Waals surface area contributed by atoms with E-state index in [1.165, 1.54) is 0 Å². The molecule has 0 saturated heterocycles. The van der Waals surface area contributed by atoms with Gasteiger partial charge in [-0.1, -0.05) is 6.92 Å². The third-order valence-electron chi connectivity index (χ3n) is 2.33. The van der Waals surface area contributed by atoms with Crippen LogP contribution in [0, 0.1) is 0 Å². The zero-order valence-electron chi connectivity index (χ0n) is 10.6. The van der Waals surface area contributed by atoms with Gasteiger partial charge in [0.2, 0.25) is 0 Å². The molecule has 6 heteroatoms. The van der Waals surface area contributed by atoms with E-state index in [2.05, 4.69) is 5.32 Å². The summed E-state index contributed by atoms with van der Waals surface area (Å²) in [6.45, 7) is 2.27. The Balaban J connectivity index is 2.51. The van der Waals surface area contributed by atoms with Crippen molar-refractivity contribution in [1.29, 1.82) is 0 Å². The number of benzene rings is 1. The first-order valence-corrected chi connectivity index (χ1v) is 5.96. The van der Waals surface area contributed by atoms with Crippen molar-refractivity contribution in [3.8, 4) is 5.75 Å². The maximum Gasteiger partial charge on any atom is 0.334 e. The van der Waals surface area contributed by atoms with Crippen LogP contribution >= 0.6 is 0 Å². The molecule has 0 aliphatic heterocycles. The summed E-state index contributed by atoms with van der Waals surface area (Å²) in [5.41, 5.74) is 0.376. The van der Waals surface area contributed by atoms with Gasteiger partial charge < -0.3 is 20.3 Å². The van der Waals surface area contributed by atoms with E-state index in [1.54, 1.807) is 24.3 Å². The van der Waals surface area contributed by atoms with Crippen molar-refractivity contribution in [2.45, 2.75) is 19.4 Å². The molecule has 1 aromatic carbocycles. The molecule has 1 aromatic rings. The minimum absolute atomic E-state index is 0.331. The van der Waals surface area contributed by atoms with Crippen LogP contribution in [0.3, 0.4) is 0 Å². The molecule has 3 N–H and O–H groups in total. The Labute approximate surface area is 111 Å². The molecule has 1 rings (SSSR count). The Morgan fingerprint density at radius 1 is 1.32 bits per heavy atom. The van der Waals surface area contributed by atoms with Crippen LogP contribution in [0.25, 0.3) is 0 Å². The van der Waals surface area contributed by atoms with Crippen LogP contribution in [0.5, 0.6) is 5.75 Å². The third kappa shape index (κ3) is 4.97. The van der Waals surface area contributed by atoms with Crippen molar-refractivity contribution >= 4 is 11.9 Å². The molecule has 6 nitrogen and oxygen atoms in total. The van der Waals surface area contributed by atoms with E-state index in [-0.39, 0.29) is 6.54 Å². The average Bonchev–Trinajstić information content (AvgIpc) is 2.42. The lowest BCUT2D eigenvalue weighted by Gasteiger charge is -2.08. The van der Waals surface area contributed by atoms with Gasteiger partial charge in [0, 0.05) is 5.56 Å². The highest BCUT2D eigenvalue weighted by molar-refractivity contribution is 5.94. The number of carboxylic acids is 1. The van der Waals surface area contributed by atoms with E-state index in [0.29, 0.717) is 17.9 Å². The second kappa shape index (κ2) is 7.38. The highest BCUT2D eigenvalue weighted by Gasteiger charge is 2.14. The van der Waals surface area contributed by atoms with Gasteiger partial charge in [-0.25, -0.2) is 4.79 Å². The number of hydrogen-bond donors (Lipinski definition) is 3. The van der Waals surface area contributed by atoms with Crippen LogP contribution in [-0.2, 0) is 4.79 Å². The fourth-order valence-electron chi connectivity index (χ4n) is 1.30. The lowest BCUT2D eigenvalue weighted by atomic mass is 10.2. The van der Waals surface area contributed by atoms with Gasteiger partial charge in [0.15, 0.2) is 6.10 Å². The molecular formula is C13H17NO5. The summed E-state index contributed by atoms with van der Waals surface area (Å²) in [5.74, 6) is -1.14. The van der Waals surface area contributed by atoms with Gasteiger partial charge in [-0.05, 0) is 30.7 Å². The fourth-order valence-corrected chi connectivity index (χ4v) is 1.30. The molecule has 19 heavy (non-hydrogen) atoms. The molecule has 0 aromatic heterocycles. The number of aliphatic carboxylic acids is 1. The SMILES string of the molecule is CCCOc1ccc(C(=O)NC[C@H](O)C(=O)O)cc1. The number of rotatable bonds is 7. The van der Waals surface area contributed by atoms with E-state index in [1.807, 2.05) is 6.92 Å². The Morgan fingerprint density at radius 2 is 1.95 bits per heavy atom. The van der Waals surface area contributed by atoms with Crippen molar-refractivity contribution in [3.63, 3.8) is 0 Å². The number of nitrogens with one attached hydrogen (secondary N) is 1.